The van der Waals surface area contributed by atoms with Crippen LogP contribution >= 0.6 is 0 Å². The van der Waals surface area contributed by atoms with Gasteiger partial charge in [-0.25, -0.2) is 0 Å². The summed E-state index contributed by atoms with van der Waals surface area (Å²) in [4.78, 5) is 0. The minimum atomic E-state index is 0.740. The first kappa shape index (κ1) is 11.5. The zero-order valence-corrected chi connectivity index (χ0v) is 10.4. The maximum Gasteiger partial charge on any atom is 0.169 e. The van der Waals surface area contributed by atoms with Crippen molar-refractivity contribution in [2.45, 2.75) is 13.8 Å². The van der Waals surface area contributed by atoms with E-state index in [2.05, 4.69) is 19.1 Å². The fourth-order valence-electron chi connectivity index (χ4n) is 1.64. The summed E-state index contributed by atoms with van der Waals surface area (Å²) >= 11 is 0. The molecular formula is C15H16O2. The summed E-state index contributed by atoms with van der Waals surface area (Å²) < 4.78 is 11.1. The van der Waals surface area contributed by atoms with Gasteiger partial charge in [0.15, 0.2) is 11.5 Å². The molecule has 0 aromatic heterocycles. The SMILES string of the molecule is COc1ccccc1Oc1cc(C)ccc1C. The lowest BCUT2D eigenvalue weighted by atomic mass is 10.1. The van der Waals surface area contributed by atoms with E-state index in [1.165, 1.54) is 5.56 Å². The van der Waals surface area contributed by atoms with Gasteiger partial charge in [-0.3, -0.25) is 0 Å². The molecule has 2 aromatic carbocycles. The molecule has 0 aliphatic heterocycles. The van der Waals surface area contributed by atoms with Crippen LogP contribution in [0.2, 0.25) is 0 Å². The quantitative estimate of drug-likeness (QED) is 0.787. The van der Waals surface area contributed by atoms with E-state index in [0.29, 0.717) is 0 Å². The molecule has 0 N–H and O–H groups in total. The van der Waals surface area contributed by atoms with Crippen molar-refractivity contribution in [1.82, 2.24) is 0 Å². The lowest BCUT2D eigenvalue weighted by Crippen LogP contribution is -1.92. The van der Waals surface area contributed by atoms with Crippen LogP contribution in [0.1, 0.15) is 11.1 Å². The molecule has 0 spiro atoms. The molecule has 0 aliphatic carbocycles. The zero-order chi connectivity index (χ0) is 12.3. The molecule has 0 saturated carbocycles. The molecule has 0 saturated heterocycles. The predicted octanol–water partition coefficient (Wildman–Crippen LogP) is 4.10. The van der Waals surface area contributed by atoms with Crippen molar-refractivity contribution in [1.29, 1.82) is 0 Å². The molecule has 2 rings (SSSR count). The normalized spacial score (nSPS) is 10.1. The lowest BCUT2D eigenvalue weighted by Gasteiger charge is -2.12. The van der Waals surface area contributed by atoms with Crippen molar-refractivity contribution in [3.05, 3.63) is 53.6 Å². The Bertz CT molecular complexity index is 518. The molecule has 0 heterocycles. The molecular weight excluding hydrogens is 212 g/mol. The number of aryl methyl sites for hydroxylation is 2. The molecule has 0 fully saturated rings. The van der Waals surface area contributed by atoms with E-state index in [1.807, 2.05) is 37.3 Å². The Morgan fingerprint density at radius 2 is 1.53 bits per heavy atom. The van der Waals surface area contributed by atoms with E-state index >= 15 is 0 Å². The second kappa shape index (κ2) is 4.91. The number of rotatable bonds is 3. The molecule has 17 heavy (non-hydrogen) atoms. The molecule has 2 heteroatoms. The molecule has 0 unspecified atom stereocenters. The minimum absolute atomic E-state index is 0.740. The third-order valence-electron chi connectivity index (χ3n) is 2.63. The molecule has 0 atom stereocenters. The average Bonchev–Trinajstić information content (AvgIpc) is 2.34. The Labute approximate surface area is 102 Å². The minimum Gasteiger partial charge on any atom is -0.493 e. The number of ether oxygens (including phenoxy) is 2. The summed E-state index contributed by atoms with van der Waals surface area (Å²) in [7, 11) is 1.64. The van der Waals surface area contributed by atoms with Gasteiger partial charge in [0.05, 0.1) is 7.11 Å². The van der Waals surface area contributed by atoms with Crippen LogP contribution in [0.25, 0.3) is 0 Å². The largest absolute Gasteiger partial charge is 0.493 e. The molecule has 2 aromatic rings. The summed E-state index contributed by atoms with van der Waals surface area (Å²) in [5.74, 6) is 2.35. The summed E-state index contributed by atoms with van der Waals surface area (Å²) in [6.45, 7) is 4.08. The maximum absolute atomic E-state index is 5.89. The Morgan fingerprint density at radius 3 is 2.24 bits per heavy atom. The zero-order valence-electron chi connectivity index (χ0n) is 10.4. The standard InChI is InChI=1S/C15H16O2/c1-11-8-9-12(2)15(10-11)17-14-7-5-4-6-13(14)16-3/h4-10H,1-3H3. The van der Waals surface area contributed by atoms with Crippen LogP contribution in [0.15, 0.2) is 42.5 Å². The molecule has 0 aliphatic rings. The highest BCUT2D eigenvalue weighted by Gasteiger charge is 2.06. The van der Waals surface area contributed by atoms with Crippen LogP contribution in [0.3, 0.4) is 0 Å². The molecule has 88 valence electrons. The van der Waals surface area contributed by atoms with E-state index in [-0.39, 0.29) is 0 Å². The van der Waals surface area contributed by atoms with Crippen molar-refractivity contribution in [2.24, 2.45) is 0 Å². The summed E-state index contributed by atoms with van der Waals surface area (Å²) in [5.41, 5.74) is 2.29. The van der Waals surface area contributed by atoms with E-state index in [9.17, 15) is 0 Å². The molecule has 2 nitrogen and oxygen atoms in total. The first-order valence-electron chi connectivity index (χ1n) is 5.59. The van der Waals surface area contributed by atoms with Crippen LogP contribution in [0, 0.1) is 13.8 Å². The Morgan fingerprint density at radius 1 is 0.824 bits per heavy atom. The molecule has 0 amide bonds. The number of hydrogen-bond acceptors (Lipinski definition) is 2. The topological polar surface area (TPSA) is 18.5 Å². The van der Waals surface area contributed by atoms with E-state index in [0.717, 1.165) is 22.8 Å². The Kier molecular flexibility index (Phi) is 3.33. The van der Waals surface area contributed by atoms with E-state index in [1.54, 1.807) is 7.11 Å². The van der Waals surface area contributed by atoms with Gasteiger partial charge in [-0.05, 0) is 43.2 Å². The predicted molar refractivity (Wildman–Crippen MR) is 69.0 cm³/mol. The summed E-state index contributed by atoms with van der Waals surface area (Å²) in [5, 5.41) is 0. The Balaban J connectivity index is 2.34. The second-order valence-corrected chi connectivity index (χ2v) is 4.02. The van der Waals surface area contributed by atoms with Crippen molar-refractivity contribution in [3.63, 3.8) is 0 Å². The fraction of sp³-hybridized carbons (Fsp3) is 0.200. The Hall–Kier alpha value is -1.96. The maximum atomic E-state index is 5.89. The number of hydrogen-bond donors (Lipinski definition) is 0. The monoisotopic (exact) mass is 228 g/mol. The van der Waals surface area contributed by atoms with Gasteiger partial charge < -0.3 is 9.47 Å². The van der Waals surface area contributed by atoms with Crippen LogP contribution in [-0.4, -0.2) is 7.11 Å². The van der Waals surface area contributed by atoms with Gasteiger partial charge in [-0.1, -0.05) is 24.3 Å². The van der Waals surface area contributed by atoms with E-state index < -0.39 is 0 Å². The number of methoxy groups -OCH3 is 1. The second-order valence-electron chi connectivity index (χ2n) is 4.02. The molecule has 0 bridgehead atoms. The van der Waals surface area contributed by atoms with Crippen molar-refractivity contribution >= 4 is 0 Å². The summed E-state index contributed by atoms with van der Waals surface area (Å²) in [6.07, 6.45) is 0. The van der Waals surface area contributed by atoms with Crippen LogP contribution < -0.4 is 9.47 Å². The first-order chi connectivity index (χ1) is 8.20. The lowest BCUT2D eigenvalue weighted by molar-refractivity contribution is 0.378. The fourth-order valence-corrected chi connectivity index (χ4v) is 1.64. The smallest absolute Gasteiger partial charge is 0.169 e. The van der Waals surface area contributed by atoms with E-state index in [4.69, 9.17) is 9.47 Å². The van der Waals surface area contributed by atoms with Gasteiger partial charge in [0.2, 0.25) is 0 Å². The van der Waals surface area contributed by atoms with Gasteiger partial charge in [-0.2, -0.15) is 0 Å². The van der Waals surface area contributed by atoms with Crippen molar-refractivity contribution < 1.29 is 9.47 Å². The third-order valence-corrected chi connectivity index (χ3v) is 2.63. The van der Waals surface area contributed by atoms with Gasteiger partial charge in [0.25, 0.3) is 0 Å². The highest BCUT2D eigenvalue weighted by atomic mass is 16.5. The van der Waals surface area contributed by atoms with Crippen molar-refractivity contribution in [3.8, 4) is 17.2 Å². The van der Waals surface area contributed by atoms with Gasteiger partial charge in [0.1, 0.15) is 5.75 Å². The molecule has 0 radical (unpaired) electrons. The van der Waals surface area contributed by atoms with Crippen molar-refractivity contribution in [2.75, 3.05) is 7.11 Å². The average molecular weight is 228 g/mol. The number of benzene rings is 2. The van der Waals surface area contributed by atoms with Gasteiger partial charge >= 0.3 is 0 Å². The number of para-hydroxylation sites is 2. The van der Waals surface area contributed by atoms with Crippen LogP contribution in [-0.2, 0) is 0 Å². The highest BCUT2D eigenvalue weighted by molar-refractivity contribution is 5.45. The first-order valence-corrected chi connectivity index (χ1v) is 5.59. The third kappa shape index (κ3) is 2.59. The van der Waals surface area contributed by atoms with Gasteiger partial charge in [-0.15, -0.1) is 0 Å². The van der Waals surface area contributed by atoms with Crippen LogP contribution in [0.5, 0.6) is 17.2 Å². The highest BCUT2D eigenvalue weighted by Crippen LogP contribution is 2.32. The van der Waals surface area contributed by atoms with Gasteiger partial charge in [0, 0.05) is 0 Å². The summed E-state index contributed by atoms with van der Waals surface area (Å²) in [6, 6.07) is 13.8. The van der Waals surface area contributed by atoms with Crippen LogP contribution in [0.4, 0.5) is 0 Å².